The lowest BCUT2D eigenvalue weighted by atomic mass is 10.1. The molecule has 0 spiro atoms. The zero-order chi connectivity index (χ0) is 22.4. The topological polar surface area (TPSA) is 60.0 Å². The average Bonchev–Trinajstić information content (AvgIpc) is 2.83. The minimum Gasteiger partial charge on any atom is -0.494 e. The van der Waals surface area contributed by atoms with Gasteiger partial charge >= 0.3 is 0 Å². The molecule has 4 nitrogen and oxygen atoms in total. The summed E-state index contributed by atoms with van der Waals surface area (Å²) in [5.74, 6) is 0.879. The monoisotopic (exact) mass is 431 g/mol. The molecule has 3 aromatic carbocycles. The summed E-state index contributed by atoms with van der Waals surface area (Å²) in [4.78, 5) is 0. The maximum atomic E-state index is 6.13. The highest BCUT2D eigenvalue weighted by atomic mass is 16.5. The van der Waals surface area contributed by atoms with Gasteiger partial charge in [0.1, 0.15) is 11.4 Å². The van der Waals surface area contributed by atoms with Gasteiger partial charge in [0, 0.05) is 5.39 Å². The van der Waals surface area contributed by atoms with E-state index < -0.39 is 0 Å². The van der Waals surface area contributed by atoms with Crippen LogP contribution in [0.2, 0.25) is 0 Å². The fourth-order valence-corrected chi connectivity index (χ4v) is 3.88. The van der Waals surface area contributed by atoms with E-state index in [0.717, 1.165) is 35.2 Å². The van der Waals surface area contributed by atoms with E-state index in [4.69, 9.17) is 10.5 Å². The van der Waals surface area contributed by atoms with Crippen LogP contribution in [0.5, 0.6) is 5.75 Å². The highest BCUT2D eigenvalue weighted by Gasteiger charge is 2.04. The van der Waals surface area contributed by atoms with Crippen molar-refractivity contribution in [1.29, 1.82) is 0 Å². The molecule has 170 valence electrons. The average molecular weight is 432 g/mol. The molecule has 0 amide bonds. The van der Waals surface area contributed by atoms with Crippen LogP contribution in [0.25, 0.3) is 10.8 Å². The molecule has 0 fully saturated rings. The SMILES string of the molecule is CCCCCCCCCCCCOc1ccc(N=Nc2c(N)ccc3ccccc23)cc1. The lowest BCUT2D eigenvalue weighted by Gasteiger charge is -2.07. The quantitative estimate of drug-likeness (QED) is 0.157. The molecule has 0 aromatic heterocycles. The molecule has 2 N–H and O–H groups in total. The number of nitrogens with two attached hydrogens (primary N) is 1. The Balaban J connectivity index is 1.37. The molecule has 0 atom stereocenters. The molecule has 0 aliphatic heterocycles. The second-order valence-electron chi connectivity index (χ2n) is 8.45. The van der Waals surface area contributed by atoms with Crippen LogP contribution < -0.4 is 10.5 Å². The fraction of sp³-hybridized carbons (Fsp3) is 0.429. The Hall–Kier alpha value is -2.88. The summed E-state index contributed by atoms with van der Waals surface area (Å²) in [6, 6.07) is 19.7. The summed E-state index contributed by atoms with van der Waals surface area (Å²) in [6.45, 7) is 3.04. The minimum atomic E-state index is 0.629. The smallest absolute Gasteiger partial charge is 0.119 e. The van der Waals surface area contributed by atoms with E-state index in [1.54, 1.807) is 0 Å². The number of rotatable bonds is 14. The van der Waals surface area contributed by atoms with E-state index in [1.165, 1.54) is 57.8 Å². The number of azo groups is 1. The van der Waals surface area contributed by atoms with Crippen LogP contribution in [-0.2, 0) is 0 Å². The Morgan fingerprint density at radius 3 is 2.06 bits per heavy atom. The second kappa shape index (κ2) is 13.5. The van der Waals surface area contributed by atoms with E-state index in [2.05, 4.69) is 23.2 Å². The Kier molecular flexibility index (Phi) is 10.0. The van der Waals surface area contributed by atoms with Crippen molar-refractivity contribution < 1.29 is 4.74 Å². The first kappa shape index (κ1) is 23.8. The van der Waals surface area contributed by atoms with E-state index >= 15 is 0 Å². The van der Waals surface area contributed by atoms with Crippen molar-refractivity contribution in [3.8, 4) is 5.75 Å². The zero-order valence-electron chi connectivity index (χ0n) is 19.4. The molecule has 0 heterocycles. The van der Waals surface area contributed by atoms with Gasteiger partial charge in [0.25, 0.3) is 0 Å². The number of hydrogen-bond donors (Lipinski definition) is 1. The number of unbranched alkanes of at least 4 members (excludes halogenated alkanes) is 9. The molecule has 3 aromatic rings. The van der Waals surface area contributed by atoms with Gasteiger partial charge < -0.3 is 10.5 Å². The van der Waals surface area contributed by atoms with Crippen molar-refractivity contribution in [2.45, 2.75) is 71.1 Å². The third kappa shape index (κ3) is 7.67. The molecule has 0 saturated heterocycles. The van der Waals surface area contributed by atoms with E-state index in [9.17, 15) is 0 Å². The fourth-order valence-electron chi connectivity index (χ4n) is 3.88. The summed E-state index contributed by atoms with van der Waals surface area (Å²) in [5, 5.41) is 10.9. The van der Waals surface area contributed by atoms with Crippen LogP contribution in [0.4, 0.5) is 17.1 Å². The summed E-state index contributed by atoms with van der Waals surface area (Å²) in [6.07, 6.45) is 13.3. The normalized spacial score (nSPS) is 11.4. The summed E-state index contributed by atoms with van der Waals surface area (Å²) >= 11 is 0. The first-order chi connectivity index (χ1) is 15.8. The van der Waals surface area contributed by atoms with E-state index in [0.29, 0.717) is 11.4 Å². The molecule has 0 unspecified atom stereocenters. The van der Waals surface area contributed by atoms with Gasteiger partial charge in [-0.15, -0.1) is 5.11 Å². The summed E-state index contributed by atoms with van der Waals surface area (Å²) < 4.78 is 5.88. The van der Waals surface area contributed by atoms with Gasteiger partial charge in [0.15, 0.2) is 0 Å². The molecule has 0 aliphatic rings. The predicted molar refractivity (Wildman–Crippen MR) is 136 cm³/mol. The highest BCUT2D eigenvalue weighted by Crippen LogP contribution is 2.33. The number of fused-ring (bicyclic) bond motifs is 1. The van der Waals surface area contributed by atoms with Crippen LogP contribution in [0.1, 0.15) is 71.1 Å². The standard InChI is InChI=1S/C28H37N3O/c1-2-3-4-5-6-7-8-9-10-13-22-32-25-19-17-24(18-20-25)30-31-28-26-15-12-11-14-23(26)16-21-27(28)29/h11-12,14-21H,2-10,13,22,29H2,1H3. The van der Waals surface area contributed by atoms with Crippen molar-refractivity contribution in [2.75, 3.05) is 12.3 Å². The maximum Gasteiger partial charge on any atom is 0.119 e. The third-order valence-corrected chi connectivity index (χ3v) is 5.80. The molecule has 0 saturated carbocycles. The number of nitrogens with zero attached hydrogens (tertiary/aromatic N) is 2. The van der Waals surface area contributed by atoms with Gasteiger partial charge in [-0.05, 0) is 42.1 Å². The summed E-state index contributed by atoms with van der Waals surface area (Å²) in [5.41, 5.74) is 8.25. The van der Waals surface area contributed by atoms with E-state index in [1.807, 2.05) is 54.6 Å². The van der Waals surface area contributed by atoms with Gasteiger partial charge in [-0.3, -0.25) is 0 Å². The maximum absolute atomic E-state index is 6.13. The van der Waals surface area contributed by atoms with Crippen molar-refractivity contribution in [3.63, 3.8) is 0 Å². The molecule has 32 heavy (non-hydrogen) atoms. The Morgan fingerprint density at radius 2 is 1.34 bits per heavy atom. The molecular formula is C28H37N3O. The Morgan fingerprint density at radius 1 is 0.688 bits per heavy atom. The van der Waals surface area contributed by atoms with E-state index in [-0.39, 0.29) is 0 Å². The molecular weight excluding hydrogens is 394 g/mol. The lowest BCUT2D eigenvalue weighted by Crippen LogP contribution is -1.96. The van der Waals surface area contributed by atoms with Gasteiger partial charge in [-0.2, -0.15) is 5.11 Å². The zero-order valence-corrected chi connectivity index (χ0v) is 19.4. The molecule has 0 radical (unpaired) electrons. The first-order valence-electron chi connectivity index (χ1n) is 12.2. The van der Waals surface area contributed by atoms with Crippen LogP contribution >= 0.6 is 0 Å². The second-order valence-corrected chi connectivity index (χ2v) is 8.45. The first-order valence-corrected chi connectivity index (χ1v) is 12.2. The molecule has 4 heteroatoms. The van der Waals surface area contributed by atoms with Crippen LogP contribution in [0.3, 0.4) is 0 Å². The third-order valence-electron chi connectivity index (χ3n) is 5.80. The van der Waals surface area contributed by atoms with Crippen LogP contribution in [0.15, 0.2) is 70.9 Å². The van der Waals surface area contributed by atoms with Crippen molar-refractivity contribution in [3.05, 3.63) is 60.7 Å². The number of ether oxygens (including phenoxy) is 1. The van der Waals surface area contributed by atoms with Gasteiger partial charge in [0.05, 0.1) is 18.0 Å². The Labute approximate surface area is 192 Å². The molecule has 3 rings (SSSR count). The number of nitrogen functional groups attached to an aromatic ring is 1. The van der Waals surface area contributed by atoms with Crippen molar-refractivity contribution >= 4 is 27.8 Å². The van der Waals surface area contributed by atoms with Crippen molar-refractivity contribution in [2.24, 2.45) is 10.2 Å². The van der Waals surface area contributed by atoms with Gasteiger partial charge in [0.2, 0.25) is 0 Å². The lowest BCUT2D eigenvalue weighted by molar-refractivity contribution is 0.304. The largest absolute Gasteiger partial charge is 0.494 e. The number of hydrogen-bond acceptors (Lipinski definition) is 4. The summed E-state index contributed by atoms with van der Waals surface area (Å²) in [7, 11) is 0. The van der Waals surface area contributed by atoms with Crippen LogP contribution in [-0.4, -0.2) is 6.61 Å². The number of anilines is 1. The minimum absolute atomic E-state index is 0.629. The molecule has 0 aliphatic carbocycles. The van der Waals surface area contributed by atoms with Gasteiger partial charge in [-0.25, -0.2) is 0 Å². The molecule has 0 bridgehead atoms. The Bertz CT molecular complexity index is 966. The van der Waals surface area contributed by atoms with Crippen molar-refractivity contribution in [1.82, 2.24) is 0 Å². The predicted octanol–water partition coefficient (Wildman–Crippen LogP) is 9.14. The van der Waals surface area contributed by atoms with Gasteiger partial charge in [-0.1, -0.05) is 95.0 Å². The van der Waals surface area contributed by atoms with Crippen LogP contribution in [0, 0.1) is 0 Å². The number of benzene rings is 3. The highest BCUT2D eigenvalue weighted by molar-refractivity contribution is 5.97.